The zero-order valence-corrected chi connectivity index (χ0v) is 11.4. The van der Waals surface area contributed by atoms with Gasteiger partial charge in [-0.15, -0.1) is 12.8 Å². The molecule has 1 rings (SSSR count). The Balaban J connectivity index is 0.00000225. The number of nitrogens with zero attached hydrogens (tertiary/aromatic N) is 1. The van der Waals surface area contributed by atoms with Crippen LogP contribution in [0.1, 0.15) is 33.6 Å². The van der Waals surface area contributed by atoms with E-state index >= 15 is 0 Å². The summed E-state index contributed by atoms with van der Waals surface area (Å²) in [7, 11) is 0. The maximum absolute atomic E-state index is 5.54. The van der Waals surface area contributed by atoms with E-state index in [-0.39, 0.29) is 17.1 Å². The van der Waals surface area contributed by atoms with Gasteiger partial charge in [-0.3, -0.25) is 0 Å². The van der Waals surface area contributed by atoms with Gasteiger partial charge in [-0.1, -0.05) is 25.1 Å². The molecular formula is C13H19MnN2-. The van der Waals surface area contributed by atoms with Gasteiger partial charge in [-0.05, 0) is 31.4 Å². The summed E-state index contributed by atoms with van der Waals surface area (Å²) in [4.78, 5) is 4.53. The molecule has 0 aromatic carbocycles. The minimum absolute atomic E-state index is 0. The van der Waals surface area contributed by atoms with Gasteiger partial charge < -0.3 is 10.7 Å². The molecule has 0 fully saturated rings. The second-order valence-corrected chi connectivity index (χ2v) is 4.44. The Morgan fingerprint density at radius 3 is 2.62 bits per heavy atom. The van der Waals surface area contributed by atoms with E-state index in [1.54, 1.807) is 6.20 Å². The summed E-state index contributed by atoms with van der Waals surface area (Å²) < 4.78 is 0. The minimum atomic E-state index is 0. The molecule has 0 spiro atoms. The zero-order valence-electron chi connectivity index (χ0n) is 10.2. The molecule has 0 aromatic heterocycles. The van der Waals surface area contributed by atoms with Crippen molar-refractivity contribution in [3.05, 3.63) is 35.7 Å². The van der Waals surface area contributed by atoms with Crippen LogP contribution in [-0.2, 0) is 17.1 Å². The van der Waals surface area contributed by atoms with E-state index in [2.05, 4.69) is 31.5 Å². The quantitative estimate of drug-likeness (QED) is 0.470. The van der Waals surface area contributed by atoms with E-state index in [1.165, 1.54) is 0 Å². The van der Waals surface area contributed by atoms with Crippen molar-refractivity contribution in [2.75, 3.05) is 0 Å². The molecule has 1 radical (unpaired) electrons. The van der Waals surface area contributed by atoms with Crippen LogP contribution >= 0.6 is 0 Å². The van der Waals surface area contributed by atoms with Crippen molar-refractivity contribution in [3.63, 3.8) is 0 Å². The number of hydrogen-bond acceptors (Lipinski definition) is 2. The monoisotopic (exact) mass is 258 g/mol. The maximum atomic E-state index is 5.54. The Kier molecular flexibility index (Phi) is 6.39. The predicted octanol–water partition coefficient (Wildman–Crippen LogP) is 2.98. The molecule has 1 heterocycles. The van der Waals surface area contributed by atoms with E-state index in [1.807, 2.05) is 6.92 Å². The van der Waals surface area contributed by atoms with E-state index in [0.717, 1.165) is 35.4 Å². The molecule has 1 aliphatic heterocycles. The van der Waals surface area contributed by atoms with Crippen LogP contribution in [-0.4, -0.2) is 5.71 Å². The Hall–Kier alpha value is -0.791. The summed E-state index contributed by atoms with van der Waals surface area (Å²) in [5, 5.41) is 0. The zero-order chi connectivity index (χ0) is 11.4. The maximum Gasteiger partial charge on any atom is 0 e. The van der Waals surface area contributed by atoms with Gasteiger partial charge in [0.05, 0.1) is 0 Å². The molecule has 0 bridgehead atoms. The number of nitrogens with two attached hydrogens (primary N) is 1. The first-order valence-electron chi connectivity index (χ1n) is 5.30. The number of aliphatic imine (C=N–C) groups is 1. The van der Waals surface area contributed by atoms with E-state index in [9.17, 15) is 0 Å². The van der Waals surface area contributed by atoms with Crippen molar-refractivity contribution in [3.8, 4) is 0 Å². The molecular weight excluding hydrogens is 239 g/mol. The molecule has 3 heteroatoms. The normalized spacial score (nSPS) is 17.1. The van der Waals surface area contributed by atoms with E-state index < -0.39 is 0 Å². The van der Waals surface area contributed by atoms with E-state index in [4.69, 9.17) is 5.73 Å². The molecule has 2 nitrogen and oxygen atoms in total. The molecule has 0 aromatic rings. The van der Waals surface area contributed by atoms with Crippen LogP contribution in [0.2, 0.25) is 0 Å². The van der Waals surface area contributed by atoms with Gasteiger partial charge in [0, 0.05) is 17.1 Å². The Bertz CT molecular complexity index is 349. The molecule has 0 atom stereocenters. The average Bonchev–Trinajstić information content (AvgIpc) is 2.45. The number of hydrogen-bond donors (Lipinski definition) is 1. The third-order valence-electron chi connectivity index (χ3n) is 2.10. The van der Waals surface area contributed by atoms with E-state index in [0.29, 0.717) is 5.92 Å². The van der Waals surface area contributed by atoms with Gasteiger partial charge >= 0.3 is 0 Å². The van der Waals surface area contributed by atoms with Crippen molar-refractivity contribution in [1.82, 2.24) is 0 Å². The fourth-order valence-electron chi connectivity index (χ4n) is 1.52. The van der Waals surface area contributed by atoms with Crippen molar-refractivity contribution in [2.45, 2.75) is 33.6 Å². The first-order valence-corrected chi connectivity index (χ1v) is 5.30. The minimum Gasteiger partial charge on any atom is -0.455 e. The second-order valence-electron chi connectivity index (χ2n) is 4.44. The van der Waals surface area contributed by atoms with Crippen LogP contribution in [0.15, 0.2) is 34.6 Å². The summed E-state index contributed by atoms with van der Waals surface area (Å²) in [5.74, 6) is 0.597. The number of rotatable bonds is 4. The molecule has 0 unspecified atom stereocenters. The molecule has 0 saturated carbocycles. The van der Waals surface area contributed by atoms with Crippen LogP contribution in [0.3, 0.4) is 0 Å². The predicted molar refractivity (Wildman–Crippen MR) is 65.3 cm³/mol. The fourth-order valence-corrected chi connectivity index (χ4v) is 1.52. The van der Waals surface area contributed by atoms with Gasteiger partial charge in [-0.2, -0.15) is 11.6 Å². The van der Waals surface area contributed by atoms with Crippen molar-refractivity contribution >= 4 is 5.71 Å². The van der Waals surface area contributed by atoms with Gasteiger partial charge in [0.25, 0.3) is 0 Å². The van der Waals surface area contributed by atoms with Crippen LogP contribution < -0.4 is 5.73 Å². The average molecular weight is 258 g/mol. The van der Waals surface area contributed by atoms with Crippen LogP contribution in [0.25, 0.3) is 0 Å². The molecule has 0 aliphatic carbocycles. The van der Waals surface area contributed by atoms with Crippen LogP contribution in [0.5, 0.6) is 0 Å². The standard InChI is InChI=1S/C13H19N2.Mn/c1-9(2)5-12-7-11(8-14)13(15-12)6-10(3)4;/h8-9H,3,5-6,14H2,1-2,4H3;/q-1;. The second kappa shape index (κ2) is 6.72. The van der Waals surface area contributed by atoms with Gasteiger partial charge in [0.2, 0.25) is 0 Å². The topological polar surface area (TPSA) is 38.4 Å². The van der Waals surface area contributed by atoms with Crippen LogP contribution in [0, 0.1) is 12.0 Å². The Morgan fingerprint density at radius 2 is 2.19 bits per heavy atom. The Morgan fingerprint density at radius 1 is 1.56 bits per heavy atom. The smallest absolute Gasteiger partial charge is 0 e. The molecule has 0 saturated heterocycles. The molecule has 89 valence electrons. The van der Waals surface area contributed by atoms with Crippen molar-refractivity contribution < 1.29 is 17.1 Å². The SMILES string of the molecule is C=C(C)CC1=NC(CC(C)C)=[C-]C1=CN.[Mn]. The number of allylic oxidation sites excluding steroid dienone is 4. The first kappa shape index (κ1) is 15.2. The molecule has 16 heavy (non-hydrogen) atoms. The third kappa shape index (κ3) is 4.38. The summed E-state index contributed by atoms with van der Waals surface area (Å²) >= 11 is 0. The Labute approximate surface area is 109 Å². The van der Waals surface area contributed by atoms with Gasteiger partial charge in [-0.25, -0.2) is 0 Å². The largest absolute Gasteiger partial charge is 0.455 e. The fraction of sp³-hybridized carbons (Fsp3) is 0.462. The molecule has 1 aliphatic rings. The molecule has 0 amide bonds. The van der Waals surface area contributed by atoms with Crippen LogP contribution in [0.4, 0.5) is 0 Å². The summed E-state index contributed by atoms with van der Waals surface area (Å²) in [6, 6.07) is 0. The summed E-state index contributed by atoms with van der Waals surface area (Å²) in [6.45, 7) is 10.2. The van der Waals surface area contributed by atoms with Crippen molar-refractivity contribution in [2.24, 2.45) is 16.6 Å². The third-order valence-corrected chi connectivity index (χ3v) is 2.10. The summed E-state index contributed by atoms with van der Waals surface area (Å²) in [6.07, 6.45) is 6.56. The van der Waals surface area contributed by atoms with Gasteiger partial charge in [0.15, 0.2) is 0 Å². The van der Waals surface area contributed by atoms with Crippen molar-refractivity contribution in [1.29, 1.82) is 0 Å². The van der Waals surface area contributed by atoms with Gasteiger partial charge in [0.1, 0.15) is 0 Å². The summed E-state index contributed by atoms with van der Waals surface area (Å²) in [5.41, 5.74) is 9.58. The first-order chi connectivity index (χ1) is 7.02. The molecule has 2 N–H and O–H groups in total.